The zero-order chi connectivity index (χ0) is 24.8. The number of carbonyl (C=O) groups is 2. The van der Waals surface area contributed by atoms with Gasteiger partial charge in [-0.25, -0.2) is 19.6 Å². The summed E-state index contributed by atoms with van der Waals surface area (Å²) < 4.78 is 10.9. The highest BCUT2D eigenvalue weighted by Crippen LogP contribution is 2.31. The Morgan fingerprint density at radius 3 is 2.27 bits per heavy atom. The van der Waals surface area contributed by atoms with E-state index in [0.29, 0.717) is 11.5 Å². The van der Waals surface area contributed by atoms with Crippen molar-refractivity contribution in [3.8, 4) is 0 Å². The average Bonchev–Trinajstić information content (AvgIpc) is 2.99. The molecule has 2 atom stereocenters. The summed E-state index contributed by atoms with van der Waals surface area (Å²) in [5.41, 5.74) is 0.0308. The van der Waals surface area contributed by atoms with Gasteiger partial charge in [0.25, 0.3) is 0 Å². The number of fused-ring (bicyclic) bond motifs is 2. The van der Waals surface area contributed by atoms with Crippen molar-refractivity contribution in [3.05, 3.63) is 35.9 Å². The Hall–Kier alpha value is -2.03. The Morgan fingerprint density at radius 1 is 1.15 bits per heavy atom. The highest BCUT2D eigenvalue weighted by atomic mass is 35.5. The first kappa shape index (κ1) is 27.2. The summed E-state index contributed by atoms with van der Waals surface area (Å²) in [5.74, 6) is 0. The van der Waals surface area contributed by atoms with Crippen molar-refractivity contribution in [2.24, 2.45) is 0 Å². The summed E-state index contributed by atoms with van der Waals surface area (Å²) >= 11 is 6.06. The van der Waals surface area contributed by atoms with Crippen molar-refractivity contribution in [2.45, 2.75) is 57.7 Å². The second-order valence-electron chi connectivity index (χ2n) is 9.66. The maximum Gasteiger partial charge on any atom is 0.429 e. The Labute approximate surface area is 203 Å². The molecule has 2 rings (SSSR count). The van der Waals surface area contributed by atoms with E-state index in [1.165, 1.54) is 16.1 Å². The summed E-state index contributed by atoms with van der Waals surface area (Å²) in [6.07, 6.45) is 5.02. The molecule has 2 aliphatic heterocycles. The zero-order valence-electron chi connectivity index (χ0n) is 20.7. The molecule has 0 saturated carbocycles. The lowest BCUT2D eigenvalue weighted by Crippen LogP contribution is -2.62. The van der Waals surface area contributed by atoms with Gasteiger partial charge in [0.1, 0.15) is 5.60 Å². The smallest absolute Gasteiger partial charge is 0.429 e. The monoisotopic (exact) mass is 482 g/mol. The summed E-state index contributed by atoms with van der Waals surface area (Å²) in [6, 6.07) is 0.0686. The fourth-order valence-corrected chi connectivity index (χ4v) is 4.41. The number of hydrogen-bond acceptors (Lipinski definition) is 5. The molecule has 186 valence electrons. The van der Waals surface area contributed by atoms with Crippen LogP contribution in [0, 0.1) is 0 Å². The average molecular weight is 483 g/mol. The van der Waals surface area contributed by atoms with Gasteiger partial charge in [-0.1, -0.05) is 36.4 Å². The number of likely N-dealkylation sites (tertiary alicyclic amines) is 1. The Balaban J connectivity index is 2.32. The molecule has 0 aromatic rings. The normalized spacial score (nSPS) is 21.0. The Bertz CT molecular complexity index is 750. The van der Waals surface area contributed by atoms with Crippen molar-refractivity contribution in [1.29, 1.82) is 0 Å². The first-order valence-electron chi connectivity index (χ1n) is 11.4. The molecule has 0 N–H and O–H groups in total. The van der Waals surface area contributed by atoms with Gasteiger partial charge >= 0.3 is 12.1 Å². The molecule has 2 fully saturated rings. The van der Waals surface area contributed by atoms with E-state index in [0.717, 1.165) is 31.5 Å². The van der Waals surface area contributed by atoms with Gasteiger partial charge in [-0.3, -0.25) is 0 Å². The van der Waals surface area contributed by atoms with Crippen LogP contribution in [0.15, 0.2) is 35.9 Å². The van der Waals surface area contributed by atoms with Crippen LogP contribution >= 0.6 is 11.6 Å². The molecule has 8 nitrogen and oxygen atoms in total. The van der Waals surface area contributed by atoms with Gasteiger partial charge in [-0.15, -0.1) is 0 Å². The molecule has 0 aromatic heterocycles. The molecule has 3 amide bonds. The molecule has 2 heterocycles. The largest absolute Gasteiger partial charge is 0.442 e. The number of ether oxygens (including phenoxy) is 2. The van der Waals surface area contributed by atoms with Crippen molar-refractivity contribution in [1.82, 2.24) is 19.8 Å². The maximum atomic E-state index is 13.9. The minimum Gasteiger partial charge on any atom is -0.442 e. The number of nitrogens with zero attached hydrogens (tertiary/aromatic N) is 4. The summed E-state index contributed by atoms with van der Waals surface area (Å²) in [5, 5.41) is 3.32. The highest BCUT2D eigenvalue weighted by Gasteiger charge is 2.44. The number of piperazine rings is 1. The molecule has 0 aromatic carbocycles. The van der Waals surface area contributed by atoms with E-state index in [2.05, 4.69) is 25.1 Å². The van der Waals surface area contributed by atoms with Crippen LogP contribution in [0.5, 0.6) is 0 Å². The molecule has 2 bridgehead atoms. The maximum absolute atomic E-state index is 13.9. The number of urea groups is 1. The number of amides is 3. The summed E-state index contributed by atoms with van der Waals surface area (Å²) in [4.78, 5) is 31.2. The van der Waals surface area contributed by atoms with Crippen LogP contribution in [0.4, 0.5) is 9.59 Å². The standard InChI is InChI=1S/C24H39ClN4O4/c1-8-19(25)15-18(2)11-12-27(28(13-14-32-7)23(31)33-24(3,4)5)22(30)29-20-9-10-21(29)17-26(6)16-20/h8,15,20-21H,1-2,9-14,16-17H2,3-7H3/b19-15+. The topological polar surface area (TPSA) is 65.6 Å². The van der Waals surface area contributed by atoms with Gasteiger partial charge in [0.2, 0.25) is 0 Å². The van der Waals surface area contributed by atoms with E-state index in [-0.39, 0.29) is 37.8 Å². The van der Waals surface area contributed by atoms with E-state index in [1.807, 2.05) is 4.90 Å². The lowest BCUT2D eigenvalue weighted by atomic mass is 10.2. The molecule has 0 spiro atoms. The van der Waals surface area contributed by atoms with Crippen LogP contribution in [0.3, 0.4) is 0 Å². The van der Waals surface area contributed by atoms with Crippen LogP contribution in [0.1, 0.15) is 40.0 Å². The molecule has 0 aliphatic carbocycles. The molecule has 2 aliphatic rings. The third kappa shape index (κ3) is 7.76. The third-order valence-corrected chi connectivity index (χ3v) is 5.95. The highest BCUT2D eigenvalue weighted by molar-refractivity contribution is 6.31. The lowest BCUT2D eigenvalue weighted by molar-refractivity contribution is -0.0497. The number of carbonyl (C=O) groups excluding carboxylic acids is 2. The first-order chi connectivity index (χ1) is 15.5. The van der Waals surface area contributed by atoms with Gasteiger partial charge < -0.3 is 19.3 Å². The molecule has 2 saturated heterocycles. The number of hydrogen-bond donors (Lipinski definition) is 0. The van der Waals surface area contributed by atoms with E-state index in [1.54, 1.807) is 34.0 Å². The second-order valence-corrected chi connectivity index (χ2v) is 10.1. The van der Waals surface area contributed by atoms with Gasteiger partial charge in [-0.05, 0) is 53.2 Å². The molecular formula is C24H39ClN4O4. The van der Waals surface area contributed by atoms with Crippen LogP contribution in [-0.4, -0.2) is 96.6 Å². The fraction of sp³-hybridized carbons (Fsp3) is 0.667. The predicted octanol–water partition coefficient (Wildman–Crippen LogP) is 4.24. The Morgan fingerprint density at radius 2 is 1.76 bits per heavy atom. The van der Waals surface area contributed by atoms with E-state index >= 15 is 0 Å². The van der Waals surface area contributed by atoms with E-state index in [4.69, 9.17) is 21.1 Å². The van der Waals surface area contributed by atoms with Gasteiger partial charge in [-0.2, -0.15) is 0 Å². The van der Waals surface area contributed by atoms with Crippen LogP contribution < -0.4 is 0 Å². The van der Waals surface area contributed by atoms with Crippen LogP contribution in [-0.2, 0) is 9.47 Å². The number of allylic oxidation sites excluding steroid dienone is 3. The molecule has 9 heteroatoms. The van der Waals surface area contributed by atoms with Crippen molar-refractivity contribution in [2.75, 3.05) is 46.9 Å². The molecular weight excluding hydrogens is 444 g/mol. The van der Waals surface area contributed by atoms with Gasteiger partial charge in [0.15, 0.2) is 0 Å². The van der Waals surface area contributed by atoms with E-state index in [9.17, 15) is 9.59 Å². The summed E-state index contributed by atoms with van der Waals surface area (Å²) in [7, 11) is 3.64. The molecule has 0 radical (unpaired) electrons. The lowest BCUT2D eigenvalue weighted by Gasteiger charge is -2.44. The minimum absolute atomic E-state index is 0.130. The third-order valence-electron chi connectivity index (χ3n) is 5.69. The van der Waals surface area contributed by atoms with Crippen LogP contribution in [0.2, 0.25) is 0 Å². The number of likely N-dealkylation sites (N-methyl/N-ethyl adjacent to an activating group) is 1. The summed E-state index contributed by atoms with van der Waals surface area (Å²) in [6.45, 7) is 15.4. The van der Waals surface area contributed by atoms with Gasteiger partial charge in [0, 0.05) is 43.9 Å². The number of rotatable bonds is 8. The van der Waals surface area contributed by atoms with Gasteiger partial charge in [0.05, 0.1) is 13.2 Å². The number of methoxy groups -OCH3 is 1. The van der Waals surface area contributed by atoms with Crippen LogP contribution in [0.25, 0.3) is 0 Å². The van der Waals surface area contributed by atoms with Crippen molar-refractivity contribution >= 4 is 23.7 Å². The number of halogens is 1. The zero-order valence-corrected chi connectivity index (χ0v) is 21.4. The quantitative estimate of drug-likeness (QED) is 0.382. The predicted molar refractivity (Wildman–Crippen MR) is 131 cm³/mol. The Kier molecular flexibility index (Phi) is 9.82. The first-order valence-corrected chi connectivity index (χ1v) is 11.8. The minimum atomic E-state index is -0.701. The molecule has 2 unspecified atom stereocenters. The van der Waals surface area contributed by atoms with Crippen molar-refractivity contribution < 1.29 is 19.1 Å². The van der Waals surface area contributed by atoms with Crippen molar-refractivity contribution in [3.63, 3.8) is 0 Å². The van der Waals surface area contributed by atoms with E-state index < -0.39 is 11.7 Å². The second kappa shape index (κ2) is 11.9. The fourth-order valence-electron chi connectivity index (χ4n) is 4.26. The molecule has 33 heavy (non-hydrogen) atoms. The number of hydrazine groups is 1. The SMILES string of the molecule is C=C/C(Cl)=C\C(=C)CCN(C(=O)N1C2CCC1CN(C)C2)N(CCOC)C(=O)OC(C)(C)C.